The SMILES string of the molecule is COCCOCCOCCOCC[N+]1=C(/C=C/C2=C(Oc3ccc(S(=O)(=O)[O-])cc3)C(=C/C=C3/N(CCOCCOCCOCCOCCC(=O)O)c4ccc(S(=O)(=O)[O-])cc4C3(C)CCOCCOCCOCCOC)/CCC2)C(C)(CCOCCOCCOCCOC)c2cc(S(=O)(=O)[O-])ccc21.[Na+].[Na+]. The molecule has 3 aromatic rings. The van der Waals surface area contributed by atoms with E-state index in [-0.39, 0.29) is 203 Å². The normalized spacial score (nSPS) is 17.6. The van der Waals surface area contributed by atoms with Crippen molar-refractivity contribution in [1.82, 2.24) is 0 Å². The molecule has 0 radical (unpaired) electrons. The maximum absolute atomic E-state index is 12.8. The van der Waals surface area contributed by atoms with Crippen LogP contribution < -0.4 is 68.8 Å². The molecule has 590 valence electrons. The molecule has 1 N–H and O–H groups in total. The van der Waals surface area contributed by atoms with Crippen LogP contribution in [0.1, 0.15) is 63.5 Å². The first-order valence-corrected chi connectivity index (χ1v) is 39.2. The molecule has 107 heavy (non-hydrogen) atoms. The van der Waals surface area contributed by atoms with Gasteiger partial charge in [0.2, 0.25) is 5.69 Å². The zero-order chi connectivity index (χ0) is 75.8. The molecule has 0 spiro atoms. The van der Waals surface area contributed by atoms with Crippen molar-refractivity contribution in [3.63, 3.8) is 0 Å². The second-order valence-corrected chi connectivity index (χ2v) is 28.7. The van der Waals surface area contributed by atoms with Crippen molar-refractivity contribution in [2.45, 2.75) is 77.9 Å². The quantitative estimate of drug-likeness (QED) is 0.0332. The molecule has 2 heterocycles. The number of ether oxygens (including phenoxy) is 17. The van der Waals surface area contributed by atoms with Gasteiger partial charge < -0.3 is 104 Å². The maximum atomic E-state index is 12.8. The molecule has 30 nitrogen and oxygen atoms in total. The molecule has 1 aliphatic carbocycles. The predicted octanol–water partition coefficient (Wildman–Crippen LogP) is -0.166. The Morgan fingerprint density at radius 3 is 1.34 bits per heavy atom. The Kier molecular flexibility index (Phi) is 46.5. The van der Waals surface area contributed by atoms with Crippen molar-refractivity contribution in [3.8, 4) is 5.75 Å². The van der Waals surface area contributed by atoms with Crippen LogP contribution in [0.3, 0.4) is 0 Å². The summed E-state index contributed by atoms with van der Waals surface area (Å²) in [6.07, 6.45) is 9.63. The van der Waals surface area contributed by atoms with E-state index in [0.717, 1.165) is 12.1 Å². The standard InChI is InChI=1S/C72H106N2O28S3.2Na/c1-71(22-27-90-38-43-98-50-47-94-34-31-86-3)63-55-61(104(80,81)82)15-17-65(63)73(24-29-92-40-45-100-52-49-96-36-33-88-5)67(71)19-9-57-7-6-8-58(70(57)102-59-11-13-60(14-12-59)103(77,78)79)10-20-68-72(2,23-28-91-39-44-99-51-48-95-35-32-87-4)64-56-62(105(83,84)85)16-18-66(64)74(68)25-30-93-41-46-101-54-53-97-42-37-89-26-21-69(75)76;;/h9-20,55-56H,6-8,21-54H2,1-5H3,(H3-,75,76,77,78,79,80,81,82,83,84,85);;/q;2*+1/p-2. The summed E-state index contributed by atoms with van der Waals surface area (Å²) in [5.74, 6) is -0.377. The van der Waals surface area contributed by atoms with E-state index < -0.39 is 61.8 Å². The molecular formula is C72H104N2Na2O28S3. The monoisotopic (exact) mass is 1590 g/mol. The number of carboxylic acids is 1. The topological polar surface area (TPSA) is 372 Å². The van der Waals surface area contributed by atoms with Crippen molar-refractivity contribution in [1.29, 1.82) is 0 Å². The van der Waals surface area contributed by atoms with Gasteiger partial charge in [0.05, 0.1) is 198 Å². The van der Waals surface area contributed by atoms with E-state index >= 15 is 0 Å². The summed E-state index contributed by atoms with van der Waals surface area (Å²) in [5, 5.41) is 8.82. The zero-order valence-corrected chi connectivity index (χ0v) is 69.3. The number of allylic oxidation sites excluding steroid dienone is 7. The van der Waals surface area contributed by atoms with Crippen LogP contribution in [0, 0.1) is 0 Å². The van der Waals surface area contributed by atoms with Gasteiger partial charge in [-0.2, -0.15) is 4.58 Å². The number of carbonyl (C=O) groups is 1. The van der Waals surface area contributed by atoms with E-state index in [2.05, 4.69) is 0 Å². The molecule has 0 fully saturated rings. The van der Waals surface area contributed by atoms with Crippen LogP contribution in [0.25, 0.3) is 0 Å². The number of fused-ring (bicyclic) bond motifs is 2. The number of methoxy groups -OCH3 is 3. The average molecular weight is 1590 g/mol. The molecule has 0 bridgehead atoms. The van der Waals surface area contributed by atoms with Gasteiger partial charge in [-0.3, -0.25) is 4.79 Å². The van der Waals surface area contributed by atoms with Crippen molar-refractivity contribution < 1.29 is 193 Å². The third-order valence-corrected chi connectivity index (χ3v) is 19.7. The average Bonchev–Trinajstić information content (AvgIpc) is 1.59. The number of hydrogen-bond acceptors (Lipinski definition) is 28. The van der Waals surface area contributed by atoms with Gasteiger partial charge in [0.1, 0.15) is 48.5 Å². The fraction of sp³-hybridized carbons (Fsp3) is 0.611. The Bertz CT molecular complexity index is 3640. The summed E-state index contributed by atoms with van der Waals surface area (Å²) in [7, 11) is -9.97. The van der Waals surface area contributed by atoms with E-state index in [4.69, 9.17) is 85.6 Å². The number of aliphatic carboxylic acids is 1. The van der Waals surface area contributed by atoms with Crippen molar-refractivity contribution in [2.75, 3.05) is 231 Å². The molecule has 0 aromatic heterocycles. The minimum atomic E-state index is -4.95. The van der Waals surface area contributed by atoms with Gasteiger partial charge >= 0.3 is 65.1 Å². The summed E-state index contributed by atoms with van der Waals surface area (Å²) in [5.41, 5.74) is 3.02. The van der Waals surface area contributed by atoms with E-state index in [0.29, 0.717) is 156 Å². The molecule has 6 rings (SSSR count). The minimum Gasteiger partial charge on any atom is -0.744 e. The van der Waals surface area contributed by atoms with Gasteiger partial charge in [-0.1, -0.05) is 6.08 Å². The number of benzene rings is 3. The Labute approximate surface area is 674 Å². The van der Waals surface area contributed by atoms with Crippen LogP contribution in [0.2, 0.25) is 0 Å². The van der Waals surface area contributed by atoms with Gasteiger partial charge in [-0.15, -0.1) is 0 Å². The van der Waals surface area contributed by atoms with Crippen LogP contribution in [-0.4, -0.2) is 286 Å². The molecule has 0 amide bonds. The molecule has 3 aromatic carbocycles. The number of nitrogens with zero attached hydrogens (tertiary/aromatic N) is 2. The first-order chi connectivity index (χ1) is 50.6. The number of carboxylic acid groups (broad SMARTS) is 1. The molecule has 2 atom stereocenters. The predicted molar refractivity (Wildman–Crippen MR) is 380 cm³/mol. The molecule has 0 saturated carbocycles. The van der Waals surface area contributed by atoms with Crippen molar-refractivity contribution >= 4 is 53.4 Å². The molecule has 2 aliphatic heterocycles. The van der Waals surface area contributed by atoms with Gasteiger partial charge in [-0.05, 0) is 129 Å². The second-order valence-electron chi connectivity index (χ2n) is 24.5. The summed E-state index contributed by atoms with van der Waals surface area (Å²) in [6.45, 7) is 12.8. The van der Waals surface area contributed by atoms with Crippen LogP contribution in [0.15, 0.2) is 122 Å². The first-order valence-electron chi connectivity index (χ1n) is 35.0. The summed E-state index contributed by atoms with van der Waals surface area (Å²) in [4.78, 5) is 11.5. The smallest absolute Gasteiger partial charge is 0.744 e. The molecule has 35 heteroatoms. The minimum absolute atomic E-state index is 0. The zero-order valence-electron chi connectivity index (χ0n) is 62.8. The van der Waals surface area contributed by atoms with Gasteiger partial charge in [0.15, 0.2) is 12.3 Å². The third kappa shape index (κ3) is 33.2. The number of rotatable bonds is 59. The van der Waals surface area contributed by atoms with E-state index in [1.54, 1.807) is 33.5 Å². The first kappa shape index (κ1) is 95.8. The van der Waals surface area contributed by atoms with E-state index in [1.165, 1.54) is 36.4 Å². The molecule has 0 saturated heterocycles. The summed E-state index contributed by atoms with van der Waals surface area (Å²) >= 11 is 0. The molecule has 3 aliphatic rings. The van der Waals surface area contributed by atoms with Gasteiger partial charge in [-0.25, -0.2) is 25.3 Å². The Morgan fingerprint density at radius 1 is 0.477 bits per heavy atom. The summed E-state index contributed by atoms with van der Waals surface area (Å²) < 4.78 is 213. The van der Waals surface area contributed by atoms with Crippen molar-refractivity contribution in [3.05, 3.63) is 119 Å². The van der Waals surface area contributed by atoms with Crippen molar-refractivity contribution in [2.24, 2.45) is 0 Å². The number of hydrogen-bond donors (Lipinski definition) is 1. The maximum Gasteiger partial charge on any atom is 1.00 e. The van der Waals surface area contributed by atoms with Crippen LogP contribution in [-0.2, 0) is 122 Å². The van der Waals surface area contributed by atoms with Gasteiger partial charge in [0.25, 0.3) is 0 Å². The van der Waals surface area contributed by atoms with Crippen LogP contribution in [0.4, 0.5) is 11.4 Å². The largest absolute Gasteiger partial charge is 1.00 e. The molecular weight excluding hydrogens is 1480 g/mol. The fourth-order valence-electron chi connectivity index (χ4n) is 11.7. The van der Waals surface area contributed by atoms with E-state index in [1.807, 2.05) is 47.6 Å². The van der Waals surface area contributed by atoms with Crippen LogP contribution in [0.5, 0.6) is 5.75 Å². The molecule has 2 unspecified atom stereocenters. The summed E-state index contributed by atoms with van der Waals surface area (Å²) in [6, 6.07) is 13.7. The Hall–Kier alpha value is -3.55. The Balaban J connectivity index is 0.0000121. The van der Waals surface area contributed by atoms with Crippen LogP contribution >= 0.6 is 0 Å². The third-order valence-electron chi connectivity index (χ3n) is 17.2. The fourth-order valence-corrected chi connectivity index (χ4v) is 13.2. The second kappa shape index (κ2) is 52.0. The number of anilines is 1. The van der Waals surface area contributed by atoms with Gasteiger partial charge in [0, 0.05) is 75.6 Å². The van der Waals surface area contributed by atoms with E-state index in [9.17, 15) is 43.7 Å². The Morgan fingerprint density at radius 2 is 0.879 bits per heavy atom.